The molecule has 0 amide bonds. The molecule has 6 fully saturated rings. The smallest absolute Gasteiger partial charge is 0.190 e. The molecule has 0 heterocycles. The van der Waals surface area contributed by atoms with Crippen LogP contribution in [0.3, 0.4) is 0 Å². The lowest BCUT2D eigenvalue weighted by molar-refractivity contribution is -0.219. The summed E-state index contributed by atoms with van der Waals surface area (Å²) in [5.74, 6) is -3.79. The summed E-state index contributed by atoms with van der Waals surface area (Å²) in [7, 11) is 1.41. The third-order valence-corrected chi connectivity index (χ3v) is 17.7. The van der Waals surface area contributed by atoms with Crippen molar-refractivity contribution >= 4 is 23.1 Å². The highest BCUT2D eigenvalue weighted by molar-refractivity contribution is 6.02. The zero-order valence-electron chi connectivity index (χ0n) is 34.2. The Balaban J connectivity index is 0.000000217. The van der Waals surface area contributed by atoms with Crippen molar-refractivity contribution in [1.82, 2.24) is 0 Å². The quantitative estimate of drug-likeness (QED) is 0.230. The van der Waals surface area contributed by atoms with Crippen molar-refractivity contribution < 1.29 is 58.2 Å². The summed E-state index contributed by atoms with van der Waals surface area (Å²) < 4.78 is 38.8. The normalized spacial score (nSPS) is 50.1. The second kappa shape index (κ2) is 15.0. The van der Waals surface area contributed by atoms with Gasteiger partial charge in [0, 0.05) is 40.6 Å². The fraction of sp³-hybridized carbons (Fsp3) is 0.745. The minimum Gasteiger partial charge on any atom is -0.390 e. The number of hydrogen-bond donors (Lipinski definition) is 5. The van der Waals surface area contributed by atoms with E-state index in [1.807, 2.05) is 13.8 Å². The maximum Gasteiger partial charge on any atom is 0.190 e. The molecule has 0 bridgehead atoms. The molecule has 8 aliphatic rings. The predicted molar refractivity (Wildman–Crippen MR) is 218 cm³/mol. The molecule has 0 saturated heterocycles. The minimum absolute atomic E-state index is 0. The van der Waals surface area contributed by atoms with E-state index >= 15 is 8.78 Å². The third kappa shape index (κ3) is 5.67. The van der Waals surface area contributed by atoms with Crippen LogP contribution in [0.5, 0.6) is 0 Å². The van der Waals surface area contributed by atoms with Gasteiger partial charge >= 0.3 is 0 Å². The zero-order chi connectivity index (χ0) is 42.1. The number of aliphatic hydroxyl groups excluding tert-OH is 3. The topological polar surface area (TPSA) is 179 Å². The monoisotopic (exact) mass is 830 g/mol. The van der Waals surface area contributed by atoms with Crippen LogP contribution in [0.2, 0.25) is 0 Å². The van der Waals surface area contributed by atoms with Crippen LogP contribution >= 0.6 is 0 Å². The van der Waals surface area contributed by atoms with Crippen LogP contribution in [0, 0.1) is 57.2 Å². The molecule has 0 aromatic heterocycles. The molecular weight excluding hydrogens is 763 g/mol. The zero-order valence-corrected chi connectivity index (χ0v) is 34.2. The maximum atomic E-state index is 16.9. The summed E-state index contributed by atoms with van der Waals surface area (Å²) >= 11 is 0. The van der Waals surface area contributed by atoms with Gasteiger partial charge in [0.15, 0.2) is 34.5 Å². The Bertz CT molecular complexity index is 1890. The lowest BCUT2D eigenvalue weighted by Crippen LogP contribution is -2.69. The number of Topliss-reactive ketones (excluding diaryl/α,β-unsaturated/α-hetero) is 2. The van der Waals surface area contributed by atoms with Gasteiger partial charge in [-0.3, -0.25) is 19.2 Å². The molecule has 59 heavy (non-hydrogen) atoms. The van der Waals surface area contributed by atoms with E-state index in [1.165, 1.54) is 31.4 Å². The highest BCUT2D eigenvalue weighted by Crippen LogP contribution is 2.72. The number of carbonyl (C=O) groups is 4. The Morgan fingerprint density at radius 2 is 1.08 bits per heavy atom. The number of halogens is 2. The van der Waals surface area contributed by atoms with Gasteiger partial charge in [-0.15, -0.1) is 0 Å². The number of aliphatic hydroxyl groups is 5. The number of fused-ring (bicyclic) bond motifs is 10. The van der Waals surface area contributed by atoms with Crippen LogP contribution in [-0.2, 0) is 23.9 Å². The number of allylic oxidation sites excluding steroid dienone is 8. The lowest BCUT2D eigenvalue weighted by Gasteiger charge is -2.62. The van der Waals surface area contributed by atoms with Gasteiger partial charge in [0.05, 0.1) is 12.2 Å². The van der Waals surface area contributed by atoms with Gasteiger partial charge < -0.3 is 30.3 Å². The average molecular weight is 831 g/mol. The lowest BCUT2D eigenvalue weighted by atomic mass is 9.44. The summed E-state index contributed by atoms with van der Waals surface area (Å²) in [6.07, 6.45) is 9.16. The Kier molecular flexibility index (Phi) is 12.0. The number of alkyl halides is 2. The first-order valence-corrected chi connectivity index (χ1v) is 20.7. The van der Waals surface area contributed by atoms with Crippen molar-refractivity contribution in [3.8, 4) is 0 Å². The van der Waals surface area contributed by atoms with Gasteiger partial charge in [0.1, 0.15) is 24.4 Å². The molecule has 6 saturated carbocycles. The molecule has 10 nitrogen and oxygen atoms in total. The molecule has 0 aliphatic heterocycles. The van der Waals surface area contributed by atoms with Gasteiger partial charge in [0.2, 0.25) is 0 Å². The van der Waals surface area contributed by atoms with Gasteiger partial charge in [-0.1, -0.05) is 65.8 Å². The van der Waals surface area contributed by atoms with E-state index in [4.69, 9.17) is 4.74 Å². The van der Waals surface area contributed by atoms with E-state index in [0.29, 0.717) is 44.1 Å². The largest absolute Gasteiger partial charge is 0.390 e. The fourth-order valence-corrected chi connectivity index (χ4v) is 14.6. The van der Waals surface area contributed by atoms with Crippen molar-refractivity contribution in [2.75, 3.05) is 20.3 Å². The minimum atomic E-state index is -1.98. The molecule has 12 heteroatoms. The standard InChI is InChI=1S/C23H31FO5.C22H29FO5.2CH4/c1-13-9-17-16-6-5-14-10-15(25)7-8-20(14,2)22(16,24)18(26)11-21(17,3)23(13,28)19(27)12-29-4;1-12-8-16-15-5-4-13-9-14(25)6-7-19(13,2)21(15,23)17(26)10-20(16,3)22(12,28)18(27)11-24;;/h7-8,10,13,16-18,26,28H,5-6,9,11-12H2,1-4H3;6-7,9,12,15-17,24,26,28H,4-5,8,10-11H2,1-3H3;2*1H4/t13-,16+,17+,18+,20+,21+,22+,23+;12-,15+,16+,17+,19+,20+,21+,22+;;/m11../s1. The first kappa shape index (κ1) is 47.3. The number of ketones is 4. The van der Waals surface area contributed by atoms with Gasteiger partial charge in [-0.25, -0.2) is 8.78 Å². The van der Waals surface area contributed by atoms with Crippen LogP contribution in [0.1, 0.15) is 108 Å². The number of rotatable bonds is 5. The Labute approximate surface area is 348 Å². The highest BCUT2D eigenvalue weighted by Gasteiger charge is 2.77. The van der Waals surface area contributed by atoms with Gasteiger partial charge in [-0.2, -0.15) is 0 Å². The van der Waals surface area contributed by atoms with E-state index in [2.05, 4.69) is 0 Å². The second-order valence-corrected chi connectivity index (χ2v) is 19.8. The molecule has 0 aromatic rings. The summed E-state index contributed by atoms with van der Waals surface area (Å²) in [6, 6.07) is 0. The molecule has 0 radical (unpaired) electrons. The van der Waals surface area contributed by atoms with E-state index < -0.39 is 92.3 Å². The molecular formula is C47H68F2O10. The van der Waals surface area contributed by atoms with Gasteiger partial charge in [-0.05, 0) is 113 Å². The first-order chi connectivity index (χ1) is 26.4. The third-order valence-electron chi connectivity index (χ3n) is 17.7. The van der Waals surface area contributed by atoms with Crippen LogP contribution in [-0.4, -0.2) is 104 Å². The van der Waals surface area contributed by atoms with E-state index in [0.717, 1.165) is 5.57 Å². The van der Waals surface area contributed by atoms with E-state index in [9.17, 15) is 44.7 Å². The first-order valence-electron chi connectivity index (χ1n) is 20.7. The van der Waals surface area contributed by atoms with Crippen molar-refractivity contribution in [1.29, 1.82) is 0 Å². The number of ether oxygens (including phenoxy) is 1. The summed E-state index contributed by atoms with van der Waals surface area (Å²) in [5, 5.41) is 54.8. The molecule has 0 spiro atoms. The van der Waals surface area contributed by atoms with Crippen molar-refractivity contribution in [3.05, 3.63) is 47.6 Å². The Morgan fingerprint density at radius 3 is 1.44 bits per heavy atom. The van der Waals surface area contributed by atoms with Crippen LogP contribution in [0.25, 0.3) is 0 Å². The SMILES string of the molecule is C.C.COCC(=O)[C@@]1(O)[C@H](C)C[C@H]2[C@@H]3CCC4=CC(=O)C=C[C@]4(C)[C@@]3(F)[C@@H](O)C[C@@]21C.C[C@@H]1C[C@H]2[C@@H]3CCC4=CC(=O)C=C[C@]4(C)[C@@]3(F)[C@@H](O)C[C@]2(C)[C@@]1(O)C(=O)CO. The number of methoxy groups -OCH3 is 1. The highest BCUT2D eigenvalue weighted by atomic mass is 19.1. The average Bonchev–Trinajstić information content (AvgIpc) is 3.48. The maximum absolute atomic E-state index is 16.9. The van der Waals surface area contributed by atoms with Crippen molar-refractivity contribution in [2.24, 2.45) is 57.2 Å². The molecule has 330 valence electrons. The van der Waals surface area contributed by atoms with Gasteiger partial charge in [0.25, 0.3) is 0 Å². The Morgan fingerprint density at radius 1 is 0.712 bits per heavy atom. The van der Waals surface area contributed by atoms with Crippen LogP contribution in [0.15, 0.2) is 47.6 Å². The number of hydrogen-bond acceptors (Lipinski definition) is 10. The molecule has 16 atom stereocenters. The van der Waals surface area contributed by atoms with Crippen molar-refractivity contribution in [3.63, 3.8) is 0 Å². The molecule has 8 rings (SSSR count). The van der Waals surface area contributed by atoms with E-state index in [1.54, 1.807) is 39.8 Å². The fourth-order valence-electron chi connectivity index (χ4n) is 14.6. The van der Waals surface area contributed by atoms with E-state index in [-0.39, 0.29) is 63.6 Å². The van der Waals surface area contributed by atoms with Crippen LogP contribution < -0.4 is 0 Å². The second-order valence-electron chi connectivity index (χ2n) is 19.8. The molecule has 0 aromatic carbocycles. The van der Waals surface area contributed by atoms with Crippen LogP contribution in [0.4, 0.5) is 8.78 Å². The summed E-state index contributed by atoms with van der Waals surface area (Å²) in [4.78, 5) is 49.2. The molecule has 8 aliphatic carbocycles. The molecule has 0 unspecified atom stereocenters. The van der Waals surface area contributed by atoms with Crippen molar-refractivity contribution in [2.45, 2.75) is 143 Å². The number of carbonyl (C=O) groups excluding carboxylic acids is 4. The summed E-state index contributed by atoms with van der Waals surface area (Å²) in [6.45, 7) is 9.69. The summed E-state index contributed by atoms with van der Waals surface area (Å²) in [5.41, 5.74) is -10.1. The Hall–Kier alpha value is -2.74. The molecule has 5 N–H and O–H groups in total. The predicted octanol–water partition coefficient (Wildman–Crippen LogP) is 5.72.